The maximum atomic E-state index is 12.5. The Morgan fingerprint density at radius 2 is 1.93 bits per heavy atom. The first-order valence-electron chi connectivity index (χ1n) is 8.94. The summed E-state index contributed by atoms with van der Waals surface area (Å²) in [7, 11) is 1.59. The molecular formula is C20H21N5O3. The zero-order valence-electron chi connectivity index (χ0n) is 15.8. The fourth-order valence-corrected chi connectivity index (χ4v) is 2.60. The third-order valence-electron chi connectivity index (χ3n) is 4.03. The van der Waals surface area contributed by atoms with Crippen molar-refractivity contribution in [3.63, 3.8) is 0 Å². The maximum Gasteiger partial charge on any atom is 0.224 e. The van der Waals surface area contributed by atoms with Crippen molar-refractivity contribution in [2.45, 2.75) is 26.3 Å². The van der Waals surface area contributed by atoms with Gasteiger partial charge >= 0.3 is 0 Å². The van der Waals surface area contributed by atoms with E-state index in [1.54, 1.807) is 37.4 Å². The van der Waals surface area contributed by atoms with E-state index in [4.69, 9.17) is 4.74 Å². The molecule has 1 N–H and O–H groups in total. The van der Waals surface area contributed by atoms with Crippen molar-refractivity contribution in [2.75, 3.05) is 12.4 Å². The van der Waals surface area contributed by atoms with E-state index >= 15 is 0 Å². The smallest absolute Gasteiger partial charge is 0.224 e. The van der Waals surface area contributed by atoms with Crippen LogP contribution in [0.25, 0.3) is 11.4 Å². The molecule has 0 radical (unpaired) electrons. The summed E-state index contributed by atoms with van der Waals surface area (Å²) in [5, 5.41) is 15.0. The molecule has 1 aromatic heterocycles. The van der Waals surface area contributed by atoms with Gasteiger partial charge in [0, 0.05) is 23.2 Å². The molecule has 8 heteroatoms. The second-order valence-electron chi connectivity index (χ2n) is 6.17. The lowest BCUT2D eigenvalue weighted by molar-refractivity contribution is -0.116. The first kappa shape index (κ1) is 19.2. The van der Waals surface area contributed by atoms with Gasteiger partial charge in [-0.25, -0.2) is 0 Å². The molecule has 0 saturated heterocycles. The Balaban J connectivity index is 1.65. The topological polar surface area (TPSA) is 99.0 Å². The summed E-state index contributed by atoms with van der Waals surface area (Å²) in [6.07, 6.45) is 1.25. The Morgan fingerprint density at radius 3 is 2.64 bits per heavy atom. The fourth-order valence-electron chi connectivity index (χ4n) is 2.60. The average molecular weight is 379 g/mol. The number of aromatic nitrogens is 4. The van der Waals surface area contributed by atoms with E-state index in [2.05, 4.69) is 20.7 Å². The van der Waals surface area contributed by atoms with Gasteiger partial charge in [-0.05, 0) is 48.0 Å². The number of tetrazole rings is 1. The van der Waals surface area contributed by atoms with E-state index in [1.807, 2.05) is 25.1 Å². The van der Waals surface area contributed by atoms with Gasteiger partial charge in [-0.1, -0.05) is 19.1 Å². The molecular weight excluding hydrogens is 358 g/mol. The Labute approximate surface area is 162 Å². The highest BCUT2D eigenvalue weighted by Gasteiger charge is 2.12. The summed E-state index contributed by atoms with van der Waals surface area (Å²) in [4.78, 5) is 25.3. The number of hydrogen-bond acceptors (Lipinski definition) is 6. The fraction of sp³-hybridized carbons (Fsp3) is 0.250. The SMILES string of the molecule is CCCC(=O)Nc1ccc(C(=O)Cn2nnc(-c3cccc(OC)c3)n2)cc1. The van der Waals surface area contributed by atoms with Crippen molar-refractivity contribution < 1.29 is 14.3 Å². The van der Waals surface area contributed by atoms with Crippen molar-refractivity contribution in [3.05, 3.63) is 54.1 Å². The van der Waals surface area contributed by atoms with Crippen LogP contribution < -0.4 is 10.1 Å². The van der Waals surface area contributed by atoms with Crippen LogP contribution in [0.15, 0.2) is 48.5 Å². The van der Waals surface area contributed by atoms with Crippen LogP contribution in [0.5, 0.6) is 5.75 Å². The van der Waals surface area contributed by atoms with E-state index in [0.717, 1.165) is 12.0 Å². The van der Waals surface area contributed by atoms with Crippen LogP contribution in [-0.4, -0.2) is 39.0 Å². The van der Waals surface area contributed by atoms with Crippen LogP contribution in [0.3, 0.4) is 0 Å². The highest BCUT2D eigenvalue weighted by atomic mass is 16.5. The van der Waals surface area contributed by atoms with Crippen molar-refractivity contribution in [2.24, 2.45) is 0 Å². The number of Topliss-reactive ketones (excluding diaryl/α,β-unsaturated/α-hetero) is 1. The number of carbonyl (C=O) groups excluding carboxylic acids is 2. The lowest BCUT2D eigenvalue weighted by Crippen LogP contribution is -2.14. The highest BCUT2D eigenvalue weighted by Crippen LogP contribution is 2.20. The highest BCUT2D eigenvalue weighted by molar-refractivity contribution is 5.97. The number of carbonyl (C=O) groups is 2. The number of nitrogens with zero attached hydrogens (tertiary/aromatic N) is 4. The first-order valence-corrected chi connectivity index (χ1v) is 8.94. The number of rotatable bonds is 8. The zero-order chi connectivity index (χ0) is 19.9. The molecule has 0 aliphatic heterocycles. The Morgan fingerprint density at radius 1 is 1.14 bits per heavy atom. The third kappa shape index (κ3) is 4.79. The summed E-state index contributed by atoms with van der Waals surface area (Å²) in [6.45, 7) is 1.91. The largest absolute Gasteiger partial charge is 0.497 e. The molecule has 144 valence electrons. The van der Waals surface area contributed by atoms with Crippen molar-refractivity contribution in [1.29, 1.82) is 0 Å². The number of ether oxygens (including phenoxy) is 1. The standard InChI is InChI=1S/C20H21N5O3/c1-3-5-19(27)21-16-10-8-14(9-11-16)18(26)13-25-23-20(22-24-25)15-6-4-7-17(12-15)28-2/h4,6-12H,3,5,13H2,1-2H3,(H,21,27). The summed E-state index contributed by atoms with van der Waals surface area (Å²) in [5.41, 5.74) is 1.92. The van der Waals surface area contributed by atoms with Crippen LogP contribution in [0.2, 0.25) is 0 Å². The molecule has 0 aliphatic rings. The average Bonchev–Trinajstić information content (AvgIpc) is 3.17. The van der Waals surface area contributed by atoms with E-state index in [0.29, 0.717) is 29.2 Å². The van der Waals surface area contributed by atoms with E-state index in [9.17, 15) is 9.59 Å². The van der Waals surface area contributed by atoms with E-state index in [-0.39, 0.29) is 18.2 Å². The zero-order valence-corrected chi connectivity index (χ0v) is 15.8. The molecule has 0 spiro atoms. The van der Waals surface area contributed by atoms with E-state index in [1.165, 1.54) is 4.80 Å². The maximum absolute atomic E-state index is 12.5. The molecule has 8 nitrogen and oxygen atoms in total. The second kappa shape index (κ2) is 8.90. The first-order chi connectivity index (χ1) is 13.6. The van der Waals surface area contributed by atoms with Crippen LogP contribution in [0, 0.1) is 0 Å². The minimum atomic E-state index is -0.152. The van der Waals surface area contributed by atoms with Gasteiger partial charge in [0.05, 0.1) is 7.11 Å². The van der Waals surface area contributed by atoms with Gasteiger partial charge in [0.15, 0.2) is 5.78 Å². The summed E-state index contributed by atoms with van der Waals surface area (Å²) < 4.78 is 5.19. The summed E-state index contributed by atoms with van der Waals surface area (Å²) in [6, 6.07) is 14.1. The molecule has 0 unspecified atom stereocenters. The van der Waals surface area contributed by atoms with Crippen molar-refractivity contribution >= 4 is 17.4 Å². The number of benzene rings is 2. The monoisotopic (exact) mass is 379 g/mol. The Hall–Kier alpha value is -3.55. The molecule has 0 atom stereocenters. The number of methoxy groups -OCH3 is 1. The molecule has 3 aromatic rings. The lowest BCUT2D eigenvalue weighted by Gasteiger charge is -2.05. The number of nitrogens with one attached hydrogen (secondary N) is 1. The minimum absolute atomic E-state index is 0.0293. The van der Waals surface area contributed by atoms with Gasteiger partial charge < -0.3 is 10.1 Å². The predicted molar refractivity (Wildman–Crippen MR) is 104 cm³/mol. The summed E-state index contributed by atoms with van der Waals surface area (Å²) in [5.74, 6) is 0.913. The van der Waals surface area contributed by atoms with Gasteiger partial charge in [-0.3, -0.25) is 9.59 Å². The molecule has 1 heterocycles. The Kier molecular flexibility index (Phi) is 6.11. The van der Waals surface area contributed by atoms with Crippen LogP contribution in [-0.2, 0) is 11.3 Å². The quantitative estimate of drug-likeness (QED) is 0.604. The van der Waals surface area contributed by atoms with Crippen LogP contribution >= 0.6 is 0 Å². The lowest BCUT2D eigenvalue weighted by atomic mass is 10.1. The molecule has 1 amide bonds. The van der Waals surface area contributed by atoms with Crippen LogP contribution in [0.1, 0.15) is 30.1 Å². The molecule has 0 aliphatic carbocycles. The molecule has 0 saturated carbocycles. The van der Waals surface area contributed by atoms with Gasteiger partial charge in [-0.2, -0.15) is 4.80 Å². The number of amides is 1. The summed E-state index contributed by atoms with van der Waals surface area (Å²) >= 11 is 0. The predicted octanol–water partition coefficient (Wildman–Crippen LogP) is 2.97. The second-order valence-corrected chi connectivity index (χ2v) is 6.17. The molecule has 28 heavy (non-hydrogen) atoms. The van der Waals surface area contributed by atoms with Gasteiger partial charge in [0.25, 0.3) is 0 Å². The molecule has 0 fully saturated rings. The third-order valence-corrected chi connectivity index (χ3v) is 4.03. The van der Waals surface area contributed by atoms with Gasteiger partial charge in [0.1, 0.15) is 12.3 Å². The Bertz CT molecular complexity index is 966. The molecule has 2 aromatic carbocycles. The van der Waals surface area contributed by atoms with E-state index < -0.39 is 0 Å². The molecule has 0 bridgehead atoms. The number of anilines is 1. The van der Waals surface area contributed by atoms with Crippen molar-refractivity contribution in [1.82, 2.24) is 20.2 Å². The van der Waals surface area contributed by atoms with Crippen molar-refractivity contribution in [3.8, 4) is 17.1 Å². The van der Waals surface area contributed by atoms with Gasteiger partial charge in [-0.15, -0.1) is 10.2 Å². The van der Waals surface area contributed by atoms with Gasteiger partial charge in [0.2, 0.25) is 11.7 Å². The number of hydrogen-bond donors (Lipinski definition) is 1. The number of ketones is 1. The normalized spacial score (nSPS) is 10.5. The molecule has 3 rings (SSSR count). The van der Waals surface area contributed by atoms with Crippen LogP contribution in [0.4, 0.5) is 5.69 Å². The minimum Gasteiger partial charge on any atom is -0.497 e.